The van der Waals surface area contributed by atoms with Gasteiger partial charge in [-0.2, -0.15) is 0 Å². The van der Waals surface area contributed by atoms with Crippen LogP contribution in [0.1, 0.15) is 79.6 Å². The van der Waals surface area contributed by atoms with Crippen LogP contribution in [0.15, 0.2) is 4.99 Å². The first-order chi connectivity index (χ1) is 14.9. The zero-order valence-corrected chi connectivity index (χ0v) is 19.1. The summed E-state index contributed by atoms with van der Waals surface area (Å²) in [7, 11) is -1.73. The van der Waals surface area contributed by atoms with Crippen molar-refractivity contribution < 1.29 is 29.5 Å². The van der Waals surface area contributed by atoms with Gasteiger partial charge in [-0.3, -0.25) is 9.59 Å². The van der Waals surface area contributed by atoms with E-state index in [1.165, 1.54) is 6.92 Å². The molecule has 0 aliphatic carbocycles. The molecule has 0 radical (unpaired) electrons. The van der Waals surface area contributed by atoms with Gasteiger partial charge in [0.25, 0.3) is 5.96 Å². The highest BCUT2D eigenvalue weighted by molar-refractivity contribution is 6.43. The number of unbranched alkanes of at least 4 members (excludes halogenated alkanes) is 1. The second-order valence-electron chi connectivity index (χ2n) is 8.29. The summed E-state index contributed by atoms with van der Waals surface area (Å²) in [6.07, 6.45) is 2.71. The number of hydrazine groups is 1. The third kappa shape index (κ3) is 17.7. The molecule has 0 aromatic carbocycles. The lowest BCUT2D eigenvalue weighted by molar-refractivity contribution is -0.525. The van der Waals surface area contributed by atoms with Crippen molar-refractivity contribution in [2.75, 3.05) is 6.54 Å². The molecule has 0 aromatic heterocycles. The lowest BCUT2D eigenvalue weighted by Crippen LogP contribution is -2.49. The smallest absolute Gasteiger partial charge is 0.426 e. The number of nitrogens with two attached hydrogens (primary N) is 1. The molecular formula is C20H40BN5O7. The summed E-state index contributed by atoms with van der Waals surface area (Å²) in [5.74, 6) is -2.39. The van der Waals surface area contributed by atoms with Crippen LogP contribution in [0.3, 0.4) is 0 Å². The van der Waals surface area contributed by atoms with Crippen molar-refractivity contribution in [2.24, 2.45) is 22.6 Å². The van der Waals surface area contributed by atoms with Gasteiger partial charge in [-0.15, -0.1) is 0 Å². The fourth-order valence-corrected chi connectivity index (χ4v) is 3.13. The number of rotatable bonds is 17. The average Bonchev–Trinajstić information content (AvgIpc) is 2.65. The molecule has 0 rings (SSSR count). The molecule has 2 atom stereocenters. The molecule has 1 amide bonds. The van der Waals surface area contributed by atoms with Gasteiger partial charge in [0.05, 0.1) is 5.94 Å². The quantitative estimate of drug-likeness (QED) is 0.0506. The molecule has 0 saturated carbocycles. The van der Waals surface area contributed by atoms with Crippen LogP contribution in [0.5, 0.6) is 0 Å². The first-order valence-electron chi connectivity index (χ1n) is 10.8. The number of nitro groups is 1. The SMILES string of the molecule is C.CC(=O)CCCCC(=O)C[C@@H](CCCN=C(N)N[N+](=O)[O-])C(=O)N[C@@H](CC(C)C)B(O)O. The van der Waals surface area contributed by atoms with Crippen molar-refractivity contribution in [1.29, 1.82) is 0 Å². The van der Waals surface area contributed by atoms with Crippen molar-refractivity contribution in [1.82, 2.24) is 10.7 Å². The van der Waals surface area contributed by atoms with Crippen molar-refractivity contribution in [3.8, 4) is 0 Å². The minimum atomic E-state index is -1.73. The predicted molar refractivity (Wildman–Crippen MR) is 126 cm³/mol. The Morgan fingerprint density at radius 1 is 1.15 bits per heavy atom. The molecule has 6 N–H and O–H groups in total. The molecule has 33 heavy (non-hydrogen) atoms. The highest BCUT2D eigenvalue weighted by Crippen LogP contribution is 2.17. The van der Waals surface area contributed by atoms with Crippen LogP contribution >= 0.6 is 0 Å². The molecule has 0 spiro atoms. The third-order valence-corrected chi connectivity index (χ3v) is 4.69. The maximum absolute atomic E-state index is 12.8. The maximum Gasteiger partial charge on any atom is 0.475 e. The van der Waals surface area contributed by atoms with Crippen LogP contribution < -0.4 is 16.5 Å². The van der Waals surface area contributed by atoms with E-state index >= 15 is 0 Å². The van der Waals surface area contributed by atoms with Gasteiger partial charge in [0.1, 0.15) is 11.6 Å². The molecule has 190 valence electrons. The van der Waals surface area contributed by atoms with Gasteiger partial charge in [-0.1, -0.05) is 26.7 Å². The number of nitrogens with one attached hydrogen (secondary N) is 2. The number of guanidine groups is 1. The van der Waals surface area contributed by atoms with E-state index in [0.29, 0.717) is 32.1 Å². The highest BCUT2D eigenvalue weighted by Gasteiger charge is 2.29. The van der Waals surface area contributed by atoms with Gasteiger partial charge in [0.2, 0.25) is 5.91 Å². The molecule has 0 heterocycles. The molecule has 12 nitrogen and oxygen atoms in total. The van der Waals surface area contributed by atoms with E-state index in [1.807, 2.05) is 13.8 Å². The second kappa shape index (κ2) is 18.0. The van der Waals surface area contributed by atoms with Crippen LogP contribution in [-0.4, -0.2) is 58.1 Å². The fraction of sp³-hybridized carbons (Fsp3) is 0.800. The van der Waals surface area contributed by atoms with Crippen LogP contribution in [-0.2, 0) is 14.4 Å². The molecular weight excluding hydrogens is 433 g/mol. The molecule has 0 fully saturated rings. The first kappa shape index (κ1) is 32.6. The van der Waals surface area contributed by atoms with Crippen LogP contribution in [0, 0.1) is 22.0 Å². The molecule has 0 bridgehead atoms. The summed E-state index contributed by atoms with van der Waals surface area (Å²) >= 11 is 0. The Balaban J connectivity index is 0. The van der Waals surface area contributed by atoms with E-state index < -0.39 is 29.9 Å². The highest BCUT2D eigenvalue weighted by atomic mass is 16.7. The van der Waals surface area contributed by atoms with Crippen LogP contribution in [0.25, 0.3) is 0 Å². The Morgan fingerprint density at radius 3 is 2.27 bits per heavy atom. The minimum Gasteiger partial charge on any atom is -0.426 e. The number of Topliss-reactive ketones (excluding diaryl/α,β-unsaturated/α-hetero) is 2. The van der Waals surface area contributed by atoms with E-state index in [2.05, 4.69) is 10.3 Å². The van der Waals surface area contributed by atoms with Crippen molar-refractivity contribution in [2.45, 2.75) is 85.5 Å². The van der Waals surface area contributed by atoms with Gasteiger partial charge in [-0.25, -0.2) is 15.1 Å². The summed E-state index contributed by atoms with van der Waals surface area (Å²) in [4.78, 5) is 50.3. The zero-order chi connectivity index (χ0) is 24.7. The lowest BCUT2D eigenvalue weighted by Gasteiger charge is -2.23. The van der Waals surface area contributed by atoms with Gasteiger partial charge in [0, 0.05) is 31.7 Å². The Hall–Kier alpha value is -2.54. The molecule has 13 heteroatoms. The van der Waals surface area contributed by atoms with E-state index in [-0.39, 0.29) is 56.7 Å². The van der Waals surface area contributed by atoms with E-state index in [4.69, 9.17) is 5.73 Å². The summed E-state index contributed by atoms with van der Waals surface area (Å²) in [5, 5.41) is 31.2. The monoisotopic (exact) mass is 473 g/mol. The third-order valence-electron chi connectivity index (χ3n) is 4.69. The lowest BCUT2D eigenvalue weighted by atomic mass is 9.74. The summed E-state index contributed by atoms with van der Waals surface area (Å²) in [6.45, 7) is 5.36. The van der Waals surface area contributed by atoms with E-state index in [1.54, 1.807) is 5.43 Å². The Labute approximate surface area is 196 Å². The van der Waals surface area contributed by atoms with Crippen LogP contribution in [0.2, 0.25) is 0 Å². The normalized spacial score (nSPS) is 13.0. The van der Waals surface area contributed by atoms with E-state index in [9.17, 15) is 34.5 Å². The standard InChI is InChI=1S/C19H36BN5O7.CH4/c1-13(2)11-17(20(29)30)23-18(28)15(8-6-10-22-19(21)24-25(31)32)12-16(27)9-5-4-7-14(3)26;/h13,15,17,29-30H,4-12H2,1-3H3,(H,23,28)(H3,21,22,24);1H4/t15-,17+;/m1./s1. The number of ketones is 2. The fourth-order valence-electron chi connectivity index (χ4n) is 3.13. The second-order valence-corrected chi connectivity index (χ2v) is 8.29. The van der Waals surface area contributed by atoms with Gasteiger partial charge >= 0.3 is 7.12 Å². The number of amides is 1. The van der Waals surface area contributed by atoms with Gasteiger partial charge in [-0.05, 0) is 44.9 Å². The van der Waals surface area contributed by atoms with Gasteiger partial charge < -0.3 is 25.9 Å². The number of aliphatic imine (C=N–C) groups is 1. The largest absolute Gasteiger partial charge is 0.475 e. The number of hydrogen-bond acceptors (Lipinski definition) is 8. The number of nitrogens with zero attached hydrogens (tertiary/aromatic N) is 2. The van der Waals surface area contributed by atoms with E-state index in [0.717, 1.165) is 0 Å². The average molecular weight is 473 g/mol. The molecule has 0 aliphatic rings. The summed E-state index contributed by atoms with van der Waals surface area (Å²) in [5.41, 5.74) is 7.07. The van der Waals surface area contributed by atoms with Crippen LogP contribution in [0.4, 0.5) is 0 Å². The first-order valence-corrected chi connectivity index (χ1v) is 10.8. The number of carbonyl (C=O) groups is 3. The summed E-state index contributed by atoms with van der Waals surface area (Å²) in [6, 6.07) is 0. The maximum atomic E-state index is 12.8. The summed E-state index contributed by atoms with van der Waals surface area (Å²) < 4.78 is 0. The molecule has 0 aliphatic heterocycles. The Kier molecular flexibility index (Phi) is 17.8. The Bertz CT molecular complexity index is 659. The molecule has 0 unspecified atom stereocenters. The molecule has 0 saturated heterocycles. The molecule has 0 aromatic rings. The van der Waals surface area contributed by atoms with Crippen molar-refractivity contribution >= 4 is 30.6 Å². The topological polar surface area (TPSA) is 197 Å². The van der Waals surface area contributed by atoms with Crippen molar-refractivity contribution in [3.05, 3.63) is 10.1 Å². The van der Waals surface area contributed by atoms with Gasteiger partial charge in [0.15, 0.2) is 5.03 Å². The Morgan fingerprint density at radius 2 is 1.76 bits per heavy atom. The minimum absolute atomic E-state index is 0. The zero-order valence-electron chi connectivity index (χ0n) is 19.1. The predicted octanol–water partition coefficient (Wildman–Crippen LogP) is 0.766. The number of carbonyl (C=O) groups excluding carboxylic acids is 3. The van der Waals surface area contributed by atoms with Crippen molar-refractivity contribution in [3.63, 3.8) is 0 Å². The number of hydrogen-bond donors (Lipinski definition) is 5.